The van der Waals surface area contributed by atoms with Gasteiger partial charge in [-0.25, -0.2) is 0 Å². The number of hydrogen-bond donors (Lipinski definition) is 1. The summed E-state index contributed by atoms with van der Waals surface area (Å²) in [6.07, 6.45) is 2.86. The average Bonchev–Trinajstić information content (AvgIpc) is 2.26. The van der Waals surface area contributed by atoms with Crippen molar-refractivity contribution in [1.82, 2.24) is 13.9 Å². The van der Waals surface area contributed by atoms with E-state index in [1.165, 1.54) is 4.31 Å². The van der Waals surface area contributed by atoms with Crippen molar-refractivity contribution >= 4 is 10.2 Å². The van der Waals surface area contributed by atoms with E-state index in [-0.39, 0.29) is 6.04 Å². The van der Waals surface area contributed by atoms with Crippen LogP contribution in [-0.4, -0.2) is 56.8 Å². The first kappa shape index (κ1) is 13.9. The molecule has 1 saturated heterocycles. The summed E-state index contributed by atoms with van der Waals surface area (Å²) in [6, 6.07) is 0.112. The lowest BCUT2D eigenvalue weighted by atomic mass is 10.1. The fourth-order valence-electron chi connectivity index (χ4n) is 2.00. The molecule has 0 aliphatic carbocycles. The Bertz CT molecular complexity index is 297. The molecule has 0 saturated carbocycles. The van der Waals surface area contributed by atoms with Crippen LogP contribution in [0.25, 0.3) is 0 Å². The minimum atomic E-state index is -3.27. The molecule has 1 fully saturated rings. The normalized spacial score (nSPS) is 22.9. The van der Waals surface area contributed by atoms with Crippen molar-refractivity contribution in [1.29, 1.82) is 0 Å². The summed E-state index contributed by atoms with van der Waals surface area (Å²) in [5.74, 6) is 0. The minimum absolute atomic E-state index is 0.112. The van der Waals surface area contributed by atoms with Crippen molar-refractivity contribution in [3.05, 3.63) is 0 Å². The largest absolute Gasteiger partial charge is 0.315 e. The van der Waals surface area contributed by atoms with Crippen LogP contribution in [0.3, 0.4) is 0 Å². The highest BCUT2D eigenvalue weighted by molar-refractivity contribution is 7.86. The zero-order chi connectivity index (χ0) is 12.2. The van der Waals surface area contributed by atoms with Crippen LogP contribution in [0.5, 0.6) is 0 Å². The molecule has 0 aromatic carbocycles. The van der Waals surface area contributed by atoms with Gasteiger partial charge in [0.2, 0.25) is 0 Å². The van der Waals surface area contributed by atoms with Crippen LogP contribution >= 0.6 is 0 Å². The summed E-state index contributed by atoms with van der Waals surface area (Å²) in [6.45, 7) is 4.38. The van der Waals surface area contributed by atoms with Crippen molar-refractivity contribution in [3.63, 3.8) is 0 Å². The maximum atomic E-state index is 12.1. The lowest BCUT2D eigenvalue weighted by Gasteiger charge is -2.35. The van der Waals surface area contributed by atoms with Gasteiger partial charge in [0.15, 0.2) is 0 Å². The highest BCUT2D eigenvalue weighted by Crippen LogP contribution is 2.16. The second-order valence-corrected chi connectivity index (χ2v) is 6.50. The molecule has 96 valence electrons. The van der Waals surface area contributed by atoms with Crippen LogP contribution in [-0.2, 0) is 10.2 Å². The Morgan fingerprint density at radius 1 is 1.38 bits per heavy atom. The van der Waals surface area contributed by atoms with Crippen molar-refractivity contribution in [2.75, 3.05) is 33.7 Å². The molecule has 6 heteroatoms. The van der Waals surface area contributed by atoms with Gasteiger partial charge in [-0.15, -0.1) is 0 Å². The van der Waals surface area contributed by atoms with Gasteiger partial charge in [0.05, 0.1) is 0 Å². The van der Waals surface area contributed by atoms with Crippen LogP contribution in [0.1, 0.15) is 26.2 Å². The molecular formula is C10H23N3O2S. The summed E-state index contributed by atoms with van der Waals surface area (Å²) in [5.41, 5.74) is 0. The zero-order valence-electron chi connectivity index (χ0n) is 10.4. The Labute approximate surface area is 99.0 Å². The van der Waals surface area contributed by atoms with Crippen molar-refractivity contribution < 1.29 is 8.42 Å². The molecule has 1 aliphatic heterocycles. The van der Waals surface area contributed by atoms with Gasteiger partial charge in [-0.3, -0.25) is 0 Å². The molecular weight excluding hydrogens is 226 g/mol. The first-order valence-electron chi connectivity index (χ1n) is 5.90. The Kier molecular flexibility index (Phi) is 5.17. The van der Waals surface area contributed by atoms with Crippen LogP contribution < -0.4 is 5.32 Å². The number of nitrogens with zero attached hydrogens (tertiary/aromatic N) is 2. The first-order valence-corrected chi connectivity index (χ1v) is 7.30. The van der Waals surface area contributed by atoms with Crippen LogP contribution in [0, 0.1) is 0 Å². The summed E-state index contributed by atoms with van der Waals surface area (Å²) < 4.78 is 27.2. The van der Waals surface area contributed by atoms with E-state index in [0.29, 0.717) is 6.54 Å². The van der Waals surface area contributed by atoms with Gasteiger partial charge in [0.25, 0.3) is 10.2 Å². The Balaban J connectivity index is 2.80. The molecule has 0 bridgehead atoms. The highest BCUT2D eigenvalue weighted by Gasteiger charge is 2.31. The molecule has 0 radical (unpaired) electrons. The van der Waals surface area contributed by atoms with Gasteiger partial charge >= 0.3 is 0 Å². The molecule has 0 aromatic heterocycles. The maximum absolute atomic E-state index is 12.1. The van der Waals surface area contributed by atoms with Crippen molar-refractivity contribution in [3.8, 4) is 0 Å². The average molecular weight is 249 g/mol. The molecule has 1 rings (SSSR count). The van der Waals surface area contributed by atoms with Crippen LogP contribution in [0.15, 0.2) is 0 Å². The number of rotatable bonds is 5. The number of nitrogens with one attached hydrogen (secondary N) is 1. The van der Waals surface area contributed by atoms with E-state index in [1.807, 2.05) is 6.92 Å². The summed E-state index contributed by atoms with van der Waals surface area (Å²) in [7, 11) is -0.0911. The predicted molar refractivity (Wildman–Crippen MR) is 65.5 cm³/mol. The van der Waals surface area contributed by atoms with Crippen molar-refractivity contribution in [2.45, 2.75) is 32.2 Å². The fraction of sp³-hybridized carbons (Fsp3) is 1.00. The topological polar surface area (TPSA) is 52.7 Å². The fourth-order valence-corrected chi connectivity index (χ4v) is 3.39. The molecule has 5 nitrogen and oxygen atoms in total. The van der Waals surface area contributed by atoms with Crippen LogP contribution in [0.4, 0.5) is 0 Å². The molecule has 1 aliphatic rings. The van der Waals surface area contributed by atoms with E-state index in [9.17, 15) is 8.42 Å². The minimum Gasteiger partial charge on any atom is -0.315 e. The Morgan fingerprint density at radius 3 is 2.50 bits per heavy atom. The Hall–Kier alpha value is -0.170. The van der Waals surface area contributed by atoms with E-state index in [2.05, 4.69) is 5.32 Å². The molecule has 1 atom stereocenters. The number of hydrogen-bond acceptors (Lipinski definition) is 3. The smallest absolute Gasteiger partial charge is 0.281 e. The first-order chi connectivity index (χ1) is 7.50. The monoisotopic (exact) mass is 249 g/mol. The number of piperidine rings is 1. The van der Waals surface area contributed by atoms with Crippen molar-refractivity contribution in [2.24, 2.45) is 0 Å². The molecule has 0 amide bonds. The standard InChI is InChI=1S/C10H23N3O2S/c1-4-8-13(16(14,15)12(2)3)10-6-5-7-11-9-10/h10-11H,4-9H2,1-3H3. The molecule has 0 aromatic rings. The molecule has 1 unspecified atom stereocenters. The lowest BCUT2D eigenvalue weighted by molar-refractivity contribution is 0.253. The molecule has 1 N–H and O–H groups in total. The molecule has 16 heavy (non-hydrogen) atoms. The second-order valence-electron chi connectivity index (χ2n) is 4.40. The van der Waals surface area contributed by atoms with Gasteiger partial charge in [0.1, 0.15) is 0 Å². The Morgan fingerprint density at radius 2 is 2.06 bits per heavy atom. The van der Waals surface area contributed by atoms with E-state index in [0.717, 1.165) is 32.4 Å². The predicted octanol–water partition coefficient (Wildman–Crippen LogP) is 0.257. The van der Waals surface area contributed by atoms with E-state index in [4.69, 9.17) is 0 Å². The summed E-state index contributed by atoms with van der Waals surface area (Å²) >= 11 is 0. The third-order valence-electron chi connectivity index (χ3n) is 2.88. The third kappa shape index (κ3) is 3.16. The zero-order valence-corrected chi connectivity index (χ0v) is 11.3. The van der Waals surface area contributed by atoms with Gasteiger partial charge in [-0.05, 0) is 25.8 Å². The third-order valence-corrected chi connectivity index (χ3v) is 4.88. The SMILES string of the molecule is CCCN(C1CCCNC1)S(=O)(=O)N(C)C. The molecule has 1 heterocycles. The van der Waals surface area contributed by atoms with Gasteiger partial charge in [-0.2, -0.15) is 17.0 Å². The summed E-state index contributed by atoms with van der Waals surface area (Å²) in [4.78, 5) is 0. The van der Waals surface area contributed by atoms with Gasteiger partial charge in [0, 0.05) is 33.2 Å². The quantitative estimate of drug-likeness (QED) is 0.760. The van der Waals surface area contributed by atoms with E-state index in [1.54, 1.807) is 18.4 Å². The maximum Gasteiger partial charge on any atom is 0.281 e. The molecule has 0 spiro atoms. The van der Waals surface area contributed by atoms with E-state index < -0.39 is 10.2 Å². The van der Waals surface area contributed by atoms with Crippen LogP contribution in [0.2, 0.25) is 0 Å². The van der Waals surface area contributed by atoms with Gasteiger partial charge < -0.3 is 5.32 Å². The highest BCUT2D eigenvalue weighted by atomic mass is 32.2. The van der Waals surface area contributed by atoms with E-state index >= 15 is 0 Å². The summed E-state index contributed by atoms with van der Waals surface area (Å²) in [5, 5.41) is 3.26. The lowest BCUT2D eigenvalue weighted by Crippen LogP contribution is -2.52. The second kappa shape index (κ2) is 5.95. The van der Waals surface area contributed by atoms with Gasteiger partial charge in [-0.1, -0.05) is 6.92 Å².